The van der Waals surface area contributed by atoms with E-state index in [4.69, 9.17) is 29.6 Å². The van der Waals surface area contributed by atoms with Crippen molar-refractivity contribution in [2.75, 3.05) is 18.1 Å². The summed E-state index contributed by atoms with van der Waals surface area (Å²) >= 11 is 11.2. The van der Waals surface area contributed by atoms with Crippen LogP contribution in [0.25, 0.3) is 0 Å². The number of anilines is 1. The number of hydrogen-bond acceptors (Lipinski definition) is 3. The van der Waals surface area contributed by atoms with Crippen LogP contribution in [0.3, 0.4) is 0 Å². The van der Waals surface area contributed by atoms with Crippen LogP contribution in [0, 0.1) is 0 Å². The third-order valence-corrected chi connectivity index (χ3v) is 4.10. The predicted octanol–water partition coefficient (Wildman–Crippen LogP) is 2.72. The Morgan fingerprint density at radius 3 is 2.68 bits per heavy atom. The zero-order valence-corrected chi connectivity index (χ0v) is 12.4. The highest BCUT2D eigenvalue weighted by atomic mass is 35.5. The summed E-state index contributed by atoms with van der Waals surface area (Å²) in [6.45, 7) is 0.695. The molecule has 3 N–H and O–H groups in total. The van der Waals surface area contributed by atoms with Crippen molar-refractivity contribution in [1.29, 1.82) is 0 Å². The van der Waals surface area contributed by atoms with E-state index in [0.717, 1.165) is 24.1 Å². The van der Waals surface area contributed by atoms with E-state index in [2.05, 4.69) is 4.90 Å². The number of halogens is 1. The van der Waals surface area contributed by atoms with Crippen LogP contribution in [0.4, 0.5) is 5.69 Å². The van der Waals surface area contributed by atoms with E-state index in [1.807, 2.05) is 12.1 Å². The minimum atomic E-state index is 0.111. The van der Waals surface area contributed by atoms with Gasteiger partial charge in [0, 0.05) is 28.9 Å². The van der Waals surface area contributed by atoms with Crippen molar-refractivity contribution in [2.24, 2.45) is 5.73 Å². The molecule has 0 aliphatic heterocycles. The van der Waals surface area contributed by atoms with Gasteiger partial charge in [0.2, 0.25) is 0 Å². The van der Waals surface area contributed by atoms with Crippen LogP contribution in [0.15, 0.2) is 18.2 Å². The van der Waals surface area contributed by atoms with Gasteiger partial charge in [0.1, 0.15) is 4.99 Å². The Balaban J connectivity index is 2.39. The maximum Gasteiger partial charge on any atom is 0.106 e. The third kappa shape index (κ3) is 3.38. The monoisotopic (exact) mass is 298 g/mol. The fraction of sp³-hybridized carbons (Fsp3) is 0.500. The molecule has 0 spiro atoms. The molecule has 0 saturated heterocycles. The van der Waals surface area contributed by atoms with Gasteiger partial charge in [0.25, 0.3) is 0 Å². The zero-order valence-electron chi connectivity index (χ0n) is 10.8. The lowest BCUT2D eigenvalue weighted by Crippen LogP contribution is -2.37. The molecular weight excluding hydrogens is 280 g/mol. The molecule has 1 aromatic carbocycles. The molecule has 1 saturated carbocycles. The fourth-order valence-electron chi connectivity index (χ4n) is 2.77. The normalized spacial score (nSPS) is 15.7. The molecule has 1 aliphatic carbocycles. The molecule has 0 heterocycles. The molecule has 1 aliphatic rings. The Bertz CT molecular complexity index is 461. The highest BCUT2D eigenvalue weighted by Crippen LogP contribution is 2.32. The predicted molar refractivity (Wildman–Crippen MR) is 84.0 cm³/mol. The quantitative estimate of drug-likeness (QED) is 0.821. The van der Waals surface area contributed by atoms with Crippen molar-refractivity contribution >= 4 is 34.5 Å². The molecular formula is C14H19ClN2OS. The topological polar surface area (TPSA) is 49.5 Å². The minimum Gasteiger partial charge on any atom is -0.395 e. The van der Waals surface area contributed by atoms with Crippen LogP contribution >= 0.6 is 23.8 Å². The maximum absolute atomic E-state index is 9.32. The molecule has 0 unspecified atom stereocenters. The van der Waals surface area contributed by atoms with Crippen molar-refractivity contribution in [1.82, 2.24) is 0 Å². The second kappa shape index (κ2) is 6.55. The molecule has 104 valence electrons. The van der Waals surface area contributed by atoms with Crippen molar-refractivity contribution < 1.29 is 5.11 Å². The first-order valence-electron chi connectivity index (χ1n) is 6.60. The molecule has 0 amide bonds. The van der Waals surface area contributed by atoms with Crippen molar-refractivity contribution in [3.05, 3.63) is 28.8 Å². The molecule has 0 atom stereocenters. The third-order valence-electron chi connectivity index (χ3n) is 3.64. The van der Waals surface area contributed by atoms with Gasteiger partial charge >= 0.3 is 0 Å². The summed E-state index contributed by atoms with van der Waals surface area (Å²) in [6.07, 6.45) is 4.75. The largest absolute Gasteiger partial charge is 0.395 e. The van der Waals surface area contributed by atoms with Gasteiger partial charge in [-0.05, 0) is 31.0 Å². The smallest absolute Gasteiger partial charge is 0.106 e. The molecule has 0 aromatic heterocycles. The number of rotatable bonds is 5. The number of thiocarbonyl (C=S) groups is 1. The average molecular weight is 299 g/mol. The van der Waals surface area contributed by atoms with E-state index in [-0.39, 0.29) is 6.61 Å². The Morgan fingerprint density at radius 1 is 1.42 bits per heavy atom. The van der Waals surface area contributed by atoms with Crippen LogP contribution in [0.2, 0.25) is 5.02 Å². The molecule has 0 radical (unpaired) electrons. The van der Waals surface area contributed by atoms with Gasteiger partial charge in [0.15, 0.2) is 0 Å². The molecule has 3 nitrogen and oxygen atoms in total. The second-order valence-corrected chi connectivity index (χ2v) is 5.76. The van der Waals surface area contributed by atoms with Crippen molar-refractivity contribution in [2.45, 2.75) is 31.7 Å². The summed E-state index contributed by atoms with van der Waals surface area (Å²) in [5, 5.41) is 9.98. The fourth-order valence-corrected chi connectivity index (χ4v) is 3.11. The number of hydrogen-bond donors (Lipinski definition) is 2. The SMILES string of the molecule is NC(=S)c1ccc(Cl)cc1N(CCO)C1CCCC1. The number of aliphatic hydroxyl groups excluding tert-OH is 1. The Labute approximate surface area is 124 Å². The van der Waals surface area contributed by atoms with Crippen LogP contribution < -0.4 is 10.6 Å². The first-order valence-corrected chi connectivity index (χ1v) is 7.39. The summed E-state index contributed by atoms with van der Waals surface area (Å²) in [5.41, 5.74) is 7.57. The highest BCUT2D eigenvalue weighted by molar-refractivity contribution is 7.80. The van der Waals surface area contributed by atoms with E-state index in [0.29, 0.717) is 22.6 Å². The van der Waals surface area contributed by atoms with Gasteiger partial charge in [-0.1, -0.05) is 36.7 Å². The first kappa shape index (κ1) is 14.6. The van der Waals surface area contributed by atoms with E-state index in [1.165, 1.54) is 12.8 Å². The van der Waals surface area contributed by atoms with Gasteiger partial charge in [-0.25, -0.2) is 0 Å². The zero-order chi connectivity index (χ0) is 13.8. The second-order valence-electron chi connectivity index (χ2n) is 4.88. The lowest BCUT2D eigenvalue weighted by molar-refractivity contribution is 0.297. The lowest BCUT2D eigenvalue weighted by Gasteiger charge is -2.32. The molecule has 0 bridgehead atoms. The van der Waals surface area contributed by atoms with Gasteiger partial charge in [-0.3, -0.25) is 0 Å². The van der Waals surface area contributed by atoms with Gasteiger partial charge < -0.3 is 15.7 Å². The van der Waals surface area contributed by atoms with Gasteiger partial charge in [0.05, 0.1) is 6.61 Å². The van der Waals surface area contributed by atoms with Crippen molar-refractivity contribution in [3.63, 3.8) is 0 Å². The number of nitrogens with zero attached hydrogens (tertiary/aromatic N) is 1. The Morgan fingerprint density at radius 2 is 2.11 bits per heavy atom. The van der Waals surface area contributed by atoms with E-state index >= 15 is 0 Å². The summed E-state index contributed by atoms with van der Waals surface area (Å²) in [7, 11) is 0. The van der Waals surface area contributed by atoms with Crippen LogP contribution in [-0.2, 0) is 0 Å². The first-order chi connectivity index (χ1) is 9.13. The van der Waals surface area contributed by atoms with Crippen LogP contribution in [0.5, 0.6) is 0 Å². The van der Waals surface area contributed by atoms with E-state index in [9.17, 15) is 5.11 Å². The maximum atomic E-state index is 9.32. The highest BCUT2D eigenvalue weighted by Gasteiger charge is 2.24. The Kier molecular flexibility index (Phi) is 5.02. The summed E-state index contributed by atoms with van der Waals surface area (Å²) in [6, 6.07) is 5.99. The minimum absolute atomic E-state index is 0.111. The van der Waals surface area contributed by atoms with Gasteiger partial charge in [-0.15, -0.1) is 0 Å². The molecule has 5 heteroatoms. The molecule has 19 heavy (non-hydrogen) atoms. The standard InChI is InChI=1S/C14H19ClN2OS/c15-10-5-6-12(14(16)19)13(9-10)17(7-8-18)11-3-1-2-4-11/h5-6,9,11,18H,1-4,7-8H2,(H2,16,19). The summed E-state index contributed by atoms with van der Waals surface area (Å²) in [4.78, 5) is 2.57. The number of benzene rings is 1. The average Bonchev–Trinajstić information content (AvgIpc) is 2.89. The van der Waals surface area contributed by atoms with Crippen LogP contribution in [0.1, 0.15) is 31.2 Å². The number of nitrogens with two attached hydrogens (primary N) is 1. The van der Waals surface area contributed by atoms with E-state index < -0.39 is 0 Å². The summed E-state index contributed by atoms with van der Waals surface area (Å²) < 4.78 is 0. The summed E-state index contributed by atoms with van der Waals surface area (Å²) in [5.74, 6) is 0. The Hall–Kier alpha value is -0.840. The van der Waals surface area contributed by atoms with Gasteiger partial charge in [-0.2, -0.15) is 0 Å². The molecule has 1 fully saturated rings. The van der Waals surface area contributed by atoms with Crippen LogP contribution in [-0.4, -0.2) is 29.3 Å². The molecule has 2 rings (SSSR count). The molecule has 1 aromatic rings. The lowest BCUT2D eigenvalue weighted by atomic mass is 10.1. The van der Waals surface area contributed by atoms with Crippen molar-refractivity contribution in [3.8, 4) is 0 Å². The van der Waals surface area contributed by atoms with E-state index in [1.54, 1.807) is 6.07 Å². The number of aliphatic hydroxyl groups is 1.